The first-order chi connectivity index (χ1) is 6.38. The van der Waals surface area contributed by atoms with Crippen LogP contribution >= 0.6 is 11.5 Å². The highest BCUT2D eigenvalue weighted by atomic mass is 32.1. The van der Waals surface area contributed by atoms with E-state index in [0.717, 1.165) is 36.9 Å². The predicted octanol–water partition coefficient (Wildman–Crippen LogP) is 0.841. The first kappa shape index (κ1) is 8.90. The smallest absolute Gasteiger partial charge is 0.293 e. The van der Waals surface area contributed by atoms with Gasteiger partial charge in [0.2, 0.25) is 0 Å². The van der Waals surface area contributed by atoms with Crippen molar-refractivity contribution in [2.45, 2.75) is 25.9 Å². The minimum atomic E-state index is 0.308. The average molecular weight is 199 g/mol. The number of ether oxygens (including phenoxy) is 1. The fraction of sp³-hybridized carbons (Fsp3) is 0.750. The van der Waals surface area contributed by atoms with Crippen LogP contribution < -0.4 is 10.1 Å². The lowest BCUT2D eigenvalue weighted by atomic mass is 10.2. The summed E-state index contributed by atoms with van der Waals surface area (Å²) in [6.45, 7) is 3.99. The van der Waals surface area contributed by atoms with Gasteiger partial charge in [-0.1, -0.05) is 6.92 Å². The van der Waals surface area contributed by atoms with E-state index in [2.05, 4.69) is 21.6 Å². The van der Waals surface area contributed by atoms with Crippen LogP contribution in [0, 0.1) is 0 Å². The molecule has 5 heteroatoms. The second kappa shape index (κ2) is 4.02. The molecule has 1 aliphatic rings. The zero-order valence-electron chi connectivity index (χ0n) is 7.62. The van der Waals surface area contributed by atoms with Gasteiger partial charge >= 0.3 is 0 Å². The first-order valence-corrected chi connectivity index (χ1v) is 5.36. The van der Waals surface area contributed by atoms with Crippen LogP contribution in [0.25, 0.3) is 0 Å². The fourth-order valence-corrected chi connectivity index (χ4v) is 1.74. The van der Waals surface area contributed by atoms with E-state index in [9.17, 15) is 0 Å². The van der Waals surface area contributed by atoms with E-state index in [1.54, 1.807) is 0 Å². The Labute approximate surface area is 81.5 Å². The average Bonchev–Trinajstić information content (AvgIpc) is 2.46. The van der Waals surface area contributed by atoms with Gasteiger partial charge in [0.1, 0.15) is 11.9 Å². The molecule has 1 aromatic heterocycles. The minimum absolute atomic E-state index is 0.308. The molecule has 4 nitrogen and oxygen atoms in total. The monoisotopic (exact) mass is 199 g/mol. The highest BCUT2D eigenvalue weighted by Crippen LogP contribution is 2.17. The maximum absolute atomic E-state index is 5.56. The molecule has 0 unspecified atom stereocenters. The Balaban J connectivity index is 1.88. The van der Waals surface area contributed by atoms with Crippen LogP contribution in [0.2, 0.25) is 0 Å². The third kappa shape index (κ3) is 2.16. The van der Waals surface area contributed by atoms with Crippen LogP contribution in [0.3, 0.4) is 0 Å². The van der Waals surface area contributed by atoms with Gasteiger partial charge in [-0.25, -0.2) is 0 Å². The van der Waals surface area contributed by atoms with Crippen LogP contribution in [-0.4, -0.2) is 28.6 Å². The Kier molecular flexibility index (Phi) is 2.75. The number of aryl methyl sites for hydroxylation is 1. The maximum Gasteiger partial charge on any atom is 0.293 e. The Morgan fingerprint density at radius 1 is 1.62 bits per heavy atom. The van der Waals surface area contributed by atoms with Crippen molar-refractivity contribution in [3.63, 3.8) is 0 Å². The number of hydrogen-bond donors (Lipinski definition) is 1. The molecule has 0 aliphatic carbocycles. The standard InChI is InChI=1S/C8H13N3OS/c1-2-3-7-10-8(13-11-7)12-6-4-9-5-6/h6,9H,2-5H2,1H3. The molecule has 2 heterocycles. The van der Waals surface area contributed by atoms with E-state index < -0.39 is 0 Å². The quantitative estimate of drug-likeness (QED) is 0.780. The number of nitrogens with zero attached hydrogens (tertiary/aromatic N) is 2. The van der Waals surface area contributed by atoms with Crippen LogP contribution in [0.5, 0.6) is 5.19 Å². The van der Waals surface area contributed by atoms with Crippen molar-refractivity contribution in [1.82, 2.24) is 14.7 Å². The Bertz CT molecular complexity index is 272. The van der Waals surface area contributed by atoms with Gasteiger partial charge in [-0.2, -0.15) is 9.36 Å². The lowest BCUT2D eigenvalue weighted by molar-refractivity contribution is 0.141. The molecule has 0 atom stereocenters. The normalized spacial score (nSPS) is 17.0. The van der Waals surface area contributed by atoms with E-state index in [4.69, 9.17) is 4.74 Å². The third-order valence-electron chi connectivity index (χ3n) is 1.93. The van der Waals surface area contributed by atoms with Crippen LogP contribution in [0.4, 0.5) is 0 Å². The molecule has 13 heavy (non-hydrogen) atoms. The molecule has 2 rings (SSSR count). The van der Waals surface area contributed by atoms with Crippen molar-refractivity contribution >= 4 is 11.5 Å². The number of hydrogen-bond acceptors (Lipinski definition) is 5. The minimum Gasteiger partial charge on any atom is -0.463 e. The van der Waals surface area contributed by atoms with Gasteiger partial charge < -0.3 is 10.1 Å². The maximum atomic E-state index is 5.56. The van der Waals surface area contributed by atoms with Crippen LogP contribution in [-0.2, 0) is 6.42 Å². The zero-order chi connectivity index (χ0) is 9.10. The highest BCUT2D eigenvalue weighted by Gasteiger charge is 2.19. The summed E-state index contributed by atoms with van der Waals surface area (Å²) in [6.07, 6.45) is 2.34. The molecule has 72 valence electrons. The first-order valence-electron chi connectivity index (χ1n) is 4.58. The largest absolute Gasteiger partial charge is 0.463 e. The van der Waals surface area contributed by atoms with Crippen LogP contribution in [0.1, 0.15) is 19.2 Å². The van der Waals surface area contributed by atoms with E-state index in [0.29, 0.717) is 6.10 Å². The van der Waals surface area contributed by atoms with Crippen molar-refractivity contribution in [2.75, 3.05) is 13.1 Å². The number of aromatic nitrogens is 2. The number of nitrogens with one attached hydrogen (secondary N) is 1. The zero-order valence-corrected chi connectivity index (χ0v) is 8.43. The van der Waals surface area contributed by atoms with E-state index in [1.807, 2.05) is 0 Å². The summed E-state index contributed by atoms with van der Waals surface area (Å²) < 4.78 is 9.76. The van der Waals surface area contributed by atoms with E-state index in [-0.39, 0.29) is 0 Å². The van der Waals surface area contributed by atoms with Crippen molar-refractivity contribution in [2.24, 2.45) is 0 Å². The molecule has 0 spiro atoms. The van der Waals surface area contributed by atoms with Gasteiger partial charge in [-0.3, -0.25) is 0 Å². The van der Waals surface area contributed by atoms with E-state index in [1.165, 1.54) is 11.5 Å². The molecule has 0 radical (unpaired) electrons. The van der Waals surface area contributed by atoms with Crippen molar-refractivity contribution in [3.8, 4) is 5.19 Å². The molecule has 1 aliphatic heterocycles. The van der Waals surface area contributed by atoms with Gasteiger partial charge in [-0.15, -0.1) is 0 Å². The molecule has 1 N–H and O–H groups in total. The fourth-order valence-electron chi connectivity index (χ4n) is 1.10. The van der Waals surface area contributed by atoms with Gasteiger partial charge in [0.25, 0.3) is 5.19 Å². The molecule has 0 saturated carbocycles. The van der Waals surface area contributed by atoms with Crippen molar-refractivity contribution in [3.05, 3.63) is 5.82 Å². The summed E-state index contributed by atoms with van der Waals surface area (Å²) >= 11 is 1.36. The summed E-state index contributed by atoms with van der Waals surface area (Å²) in [5.41, 5.74) is 0. The lowest BCUT2D eigenvalue weighted by Crippen LogP contribution is -2.50. The predicted molar refractivity (Wildman–Crippen MR) is 51.2 cm³/mol. The van der Waals surface area contributed by atoms with Gasteiger partial charge in [-0.05, 0) is 6.42 Å². The van der Waals surface area contributed by atoms with Crippen molar-refractivity contribution in [1.29, 1.82) is 0 Å². The Hall–Kier alpha value is -0.680. The summed E-state index contributed by atoms with van der Waals surface area (Å²) in [6, 6.07) is 0. The summed E-state index contributed by atoms with van der Waals surface area (Å²) in [5.74, 6) is 0.912. The second-order valence-electron chi connectivity index (χ2n) is 3.12. The molecular formula is C8H13N3OS. The molecular weight excluding hydrogens is 186 g/mol. The van der Waals surface area contributed by atoms with Gasteiger partial charge in [0, 0.05) is 31.0 Å². The lowest BCUT2D eigenvalue weighted by Gasteiger charge is -2.25. The molecule has 0 bridgehead atoms. The third-order valence-corrected chi connectivity index (χ3v) is 2.58. The molecule has 1 fully saturated rings. The van der Waals surface area contributed by atoms with E-state index >= 15 is 0 Å². The summed E-state index contributed by atoms with van der Waals surface area (Å²) in [4.78, 5) is 4.28. The van der Waals surface area contributed by atoms with Crippen molar-refractivity contribution < 1.29 is 4.74 Å². The van der Waals surface area contributed by atoms with Crippen LogP contribution in [0.15, 0.2) is 0 Å². The SMILES string of the molecule is CCCc1nsc(OC2CNC2)n1. The summed E-state index contributed by atoms with van der Waals surface area (Å²) in [7, 11) is 0. The Morgan fingerprint density at radius 3 is 3.08 bits per heavy atom. The van der Waals surface area contributed by atoms with Gasteiger partial charge in [0.05, 0.1) is 0 Å². The molecule has 1 aromatic rings. The van der Waals surface area contributed by atoms with Gasteiger partial charge in [0.15, 0.2) is 0 Å². The highest BCUT2D eigenvalue weighted by molar-refractivity contribution is 7.07. The second-order valence-corrected chi connectivity index (χ2v) is 3.84. The number of rotatable bonds is 4. The topological polar surface area (TPSA) is 47.0 Å². The molecule has 0 aromatic carbocycles. The molecule has 1 saturated heterocycles. The summed E-state index contributed by atoms with van der Waals surface area (Å²) in [5, 5.41) is 3.86. The molecule has 0 amide bonds. The Morgan fingerprint density at radius 2 is 2.46 bits per heavy atom.